The van der Waals surface area contributed by atoms with Gasteiger partial charge in [-0.25, -0.2) is 0 Å². The van der Waals surface area contributed by atoms with Gasteiger partial charge in [-0.1, -0.05) is 13.8 Å². The summed E-state index contributed by atoms with van der Waals surface area (Å²) in [6, 6.07) is 2.21. The number of thiophene rings is 1. The highest BCUT2D eigenvalue weighted by molar-refractivity contribution is 14.0. The Kier molecular flexibility index (Phi) is 8.63. The second-order valence-electron chi connectivity index (χ2n) is 5.85. The lowest BCUT2D eigenvalue weighted by molar-refractivity contribution is 0.266. The van der Waals surface area contributed by atoms with Gasteiger partial charge in [0.15, 0.2) is 5.96 Å². The van der Waals surface area contributed by atoms with Crippen LogP contribution >= 0.6 is 35.3 Å². The molecule has 1 aliphatic rings. The highest BCUT2D eigenvalue weighted by Gasteiger charge is 2.19. The Morgan fingerprint density at radius 2 is 2.38 bits per heavy atom. The monoisotopic (exact) mass is 421 g/mol. The molecule has 0 saturated carbocycles. The van der Waals surface area contributed by atoms with Crippen LogP contribution in [0.15, 0.2) is 21.8 Å². The average Bonchev–Trinajstić information content (AvgIpc) is 2.97. The van der Waals surface area contributed by atoms with E-state index in [0.29, 0.717) is 5.92 Å². The maximum Gasteiger partial charge on any atom is 0.193 e. The predicted molar refractivity (Wildman–Crippen MR) is 104 cm³/mol. The van der Waals surface area contributed by atoms with Crippen molar-refractivity contribution in [1.29, 1.82) is 0 Å². The molecule has 2 unspecified atom stereocenters. The van der Waals surface area contributed by atoms with Crippen LogP contribution in [0, 0.1) is 5.92 Å². The van der Waals surface area contributed by atoms with E-state index in [-0.39, 0.29) is 24.0 Å². The van der Waals surface area contributed by atoms with E-state index in [1.807, 2.05) is 0 Å². The topological polar surface area (TPSA) is 27.6 Å². The van der Waals surface area contributed by atoms with Gasteiger partial charge in [0.25, 0.3) is 0 Å². The summed E-state index contributed by atoms with van der Waals surface area (Å²) >= 11 is 1.77. The second-order valence-corrected chi connectivity index (χ2v) is 6.63. The molecule has 0 aliphatic carbocycles. The molecule has 1 N–H and O–H groups in total. The molecule has 5 heteroatoms. The van der Waals surface area contributed by atoms with E-state index in [1.165, 1.54) is 18.4 Å². The van der Waals surface area contributed by atoms with Crippen LogP contribution in [-0.4, -0.2) is 37.0 Å². The van der Waals surface area contributed by atoms with Crippen molar-refractivity contribution in [2.45, 2.75) is 39.5 Å². The lowest BCUT2D eigenvalue weighted by Gasteiger charge is -2.33. The summed E-state index contributed by atoms with van der Waals surface area (Å²) in [4.78, 5) is 7.29. The number of aliphatic imine (C=N–C) groups is 1. The van der Waals surface area contributed by atoms with Crippen LogP contribution < -0.4 is 5.32 Å². The van der Waals surface area contributed by atoms with Gasteiger partial charge in [0.2, 0.25) is 0 Å². The lowest BCUT2D eigenvalue weighted by atomic mass is 10.0. The van der Waals surface area contributed by atoms with E-state index in [4.69, 9.17) is 4.99 Å². The molecule has 1 aromatic heterocycles. The first kappa shape index (κ1) is 18.7. The fourth-order valence-corrected chi connectivity index (χ4v) is 3.47. The third-order valence-electron chi connectivity index (χ3n) is 3.92. The molecule has 0 spiro atoms. The minimum atomic E-state index is 0. The molecule has 21 heavy (non-hydrogen) atoms. The fourth-order valence-electron chi connectivity index (χ4n) is 2.69. The fraction of sp³-hybridized carbons (Fsp3) is 0.688. The molecule has 0 aromatic carbocycles. The molecule has 2 rings (SSSR count). The zero-order valence-corrected chi connectivity index (χ0v) is 16.5. The van der Waals surface area contributed by atoms with Crippen molar-refractivity contribution < 1.29 is 0 Å². The van der Waals surface area contributed by atoms with Crippen LogP contribution in [0.3, 0.4) is 0 Å². The number of nitrogens with zero attached hydrogens (tertiary/aromatic N) is 2. The van der Waals surface area contributed by atoms with E-state index in [2.05, 4.69) is 47.8 Å². The molecule has 1 fully saturated rings. The average molecular weight is 421 g/mol. The summed E-state index contributed by atoms with van der Waals surface area (Å²) in [5.41, 5.74) is 1.40. The van der Waals surface area contributed by atoms with Crippen LogP contribution in [0.1, 0.15) is 45.1 Å². The van der Waals surface area contributed by atoms with Crippen LogP contribution in [0.5, 0.6) is 0 Å². The van der Waals surface area contributed by atoms with Gasteiger partial charge in [-0.15, -0.1) is 24.0 Å². The quantitative estimate of drug-likeness (QED) is 0.449. The van der Waals surface area contributed by atoms with Gasteiger partial charge in [0.1, 0.15) is 0 Å². The number of halogens is 1. The maximum atomic E-state index is 4.86. The Morgan fingerprint density at radius 3 is 3.00 bits per heavy atom. The summed E-state index contributed by atoms with van der Waals surface area (Å²) in [7, 11) is 0. The number of hydrogen-bond donors (Lipinski definition) is 1. The molecule has 2 heterocycles. The van der Waals surface area contributed by atoms with E-state index in [9.17, 15) is 0 Å². The third kappa shape index (κ3) is 5.77. The van der Waals surface area contributed by atoms with Gasteiger partial charge in [-0.3, -0.25) is 4.99 Å². The van der Waals surface area contributed by atoms with Gasteiger partial charge in [-0.2, -0.15) is 11.3 Å². The molecule has 1 saturated heterocycles. The van der Waals surface area contributed by atoms with E-state index in [0.717, 1.165) is 38.1 Å². The maximum absolute atomic E-state index is 4.86. The smallest absolute Gasteiger partial charge is 0.193 e. The number of nitrogens with one attached hydrogen (secondary N) is 1. The minimum Gasteiger partial charge on any atom is -0.357 e. The molecule has 120 valence electrons. The Bertz CT molecular complexity index is 419. The summed E-state index contributed by atoms with van der Waals surface area (Å²) in [6.07, 6.45) is 2.63. The molecule has 1 aromatic rings. The highest BCUT2D eigenvalue weighted by atomic mass is 127. The molecule has 0 bridgehead atoms. The molecule has 0 amide bonds. The van der Waals surface area contributed by atoms with Gasteiger partial charge in [0, 0.05) is 32.1 Å². The zero-order chi connectivity index (χ0) is 14.4. The van der Waals surface area contributed by atoms with Gasteiger partial charge >= 0.3 is 0 Å². The summed E-state index contributed by atoms with van der Waals surface area (Å²) in [5, 5.41) is 7.83. The number of piperidine rings is 1. The first-order valence-corrected chi connectivity index (χ1v) is 8.70. The molecule has 2 atom stereocenters. The number of likely N-dealkylation sites (tertiary alicyclic amines) is 1. The molecular weight excluding hydrogens is 393 g/mol. The van der Waals surface area contributed by atoms with Gasteiger partial charge in [0.05, 0.1) is 0 Å². The van der Waals surface area contributed by atoms with Gasteiger partial charge in [-0.05, 0) is 48.1 Å². The largest absolute Gasteiger partial charge is 0.357 e. The van der Waals surface area contributed by atoms with E-state index >= 15 is 0 Å². The van der Waals surface area contributed by atoms with Gasteiger partial charge < -0.3 is 10.2 Å². The van der Waals surface area contributed by atoms with Crippen molar-refractivity contribution in [3.63, 3.8) is 0 Å². The number of guanidine groups is 1. The second kappa shape index (κ2) is 9.66. The Hall–Kier alpha value is -0.300. The minimum absolute atomic E-state index is 0. The molecular formula is C16H28IN3S. The first-order chi connectivity index (χ1) is 9.70. The normalized spacial score (nSPS) is 20.8. The Morgan fingerprint density at radius 1 is 1.57 bits per heavy atom. The van der Waals surface area contributed by atoms with Crippen molar-refractivity contribution >= 4 is 41.3 Å². The van der Waals surface area contributed by atoms with Crippen molar-refractivity contribution in [3.05, 3.63) is 22.4 Å². The predicted octanol–water partition coefficient (Wildman–Crippen LogP) is 4.17. The molecule has 1 aliphatic heterocycles. The van der Waals surface area contributed by atoms with Crippen molar-refractivity contribution in [1.82, 2.24) is 10.2 Å². The van der Waals surface area contributed by atoms with Crippen molar-refractivity contribution in [2.75, 3.05) is 26.2 Å². The Labute approximate surface area is 150 Å². The molecule has 0 radical (unpaired) electrons. The zero-order valence-electron chi connectivity index (χ0n) is 13.3. The summed E-state index contributed by atoms with van der Waals surface area (Å²) in [5.74, 6) is 2.38. The van der Waals surface area contributed by atoms with Crippen molar-refractivity contribution in [3.8, 4) is 0 Å². The van der Waals surface area contributed by atoms with E-state index in [1.54, 1.807) is 11.3 Å². The number of hydrogen-bond acceptors (Lipinski definition) is 2. The first-order valence-electron chi connectivity index (χ1n) is 7.76. The SMILES string of the molecule is CCNC(=NCC(C)c1ccsc1)N1CCCC(C)C1.I. The van der Waals surface area contributed by atoms with E-state index < -0.39 is 0 Å². The molecule has 3 nitrogen and oxygen atoms in total. The number of rotatable bonds is 4. The van der Waals surface area contributed by atoms with Crippen LogP contribution in [0.4, 0.5) is 0 Å². The van der Waals surface area contributed by atoms with Crippen molar-refractivity contribution in [2.24, 2.45) is 10.9 Å². The van der Waals surface area contributed by atoms with Crippen LogP contribution in [-0.2, 0) is 0 Å². The Balaban J connectivity index is 0.00000220. The van der Waals surface area contributed by atoms with Crippen LogP contribution in [0.2, 0.25) is 0 Å². The highest BCUT2D eigenvalue weighted by Crippen LogP contribution is 2.19. The van der Waals surface area contributed by atoms with Crippen LogP contribution in [0.25, 0.3) is 0 Å². The third-order valence-corrected chi connectivity index (χ3v) is 4.62. The summed E-state index contributed by atoms with van der Waals surface area (Å²) < 4.78 is 0. The summed E-state index contributed by atoms with van der Waals surface area (Å²) in [6.45, 7) is 10.8. The lowest BCUT2D eigenvalue weighted by Crippen LogP contribution is -2.46. The standard InChI is InChI=1S/C16H27N3S.HI/c1-4-17-16(19-8-5-6-13(2)11-19)18-10-14(3)15-7-9-20-12-15;/h7,9,12-14H,4-6,8,10-11H2,1-3H3,(H,17,18);1H.